The van der Waals surface area contributed by atoms with Crippen LogP contribution in [0.1, 0.15) is 0 Å². The number of aromatic amines is 1. The van der Waals surface area contributed by atoms with Crippen LogP contribution >= 0.6 is 0 Å². The van der Waals surface area contributed by atoms with E-state index in [4.69, 9.17) is 4.42 Å². The van der Waals surface area contributed by atoms with Crippen molar-refractivity contribution in [1.82, 2.24) is 15.2 Å². The first-order valence-corrected chi connectivity index (χ1v) is 6.07. The molecule has 1 unspecified atom stereocenters. The fraction of sp³-hybridized carbons (Fsp3) is 0. The third-order valence-corrected chi connectivity index (χ3v) is 2.72. The number of oxazole rings is 1. The van der Waals surface area contributed by atoms with Gasteiger partial charge >= 0.3 is 0 Å². The summed E-state index contributed by atoms with van der Waals surface area (Å²) in [6, 6.07) is 7.26. The zero-order valence-corrected chi connectivity index (χ0v) is 9.73. The lowest BCUT2D eigenvalue weighted by molar-refractivity contribution is 0.542. The summed E-state index contributed by atoms with van der Waals surface area (Å²) in [6.07, 6.45) is 1.44. The number of hydrogen-bond acceptors (Lipinski definition) is 5. The number of hydrogen-bond donors (Lipinski definition) is 2. The Morgan fingerprint density at radius 2 is 2.22 bits per heavy atom. The molecule has 0 fully saturated rings. The van der Waals surface area contributed by atoms with Crippen LogP contribution < -0.4 is 4.72 Å². The molecule has 0 aliphatic rings. The molecule has 0 saturated carbocycles. The van der Waals surface area contributed by atoms with Crippen LogP contribution in [0, 0.1) is 0 Å². The van der Waals surface area contributed by atoms with Gasteiger partial charge in [0.25, 0.3) is 0 Å². The molecule has 2 aromatic heterocycles. The number of para-hydroxylation sites is 2. The molecule has 0 aliphatic heterocycles. The molecule has 92 valence electrons. The van der Waals surface area contributed by atoms with Gasteiger partial charge in [0.15, 0.2) is 5.58 Å². The monoisotopic (exact) mass is 263 g/mol. The molecule has 7 nitrogen and oxygen atoms in total. The molecule has 18 heavy (non-hydrogen) atoms. The van der Waals surface area contributed by atoms with E-state index < -0.39 is 11.3 Å². The lowest BCUT2D eigenvalue weighted by Gasteiger charge is -2.06. The second kappa shape index (κ2) is 4.24. The highest BCUT2D eigenvalue weighted by atomic mass is 32.2. The fourth-order valence-electron chi connectivity index (χ4n) is 1.60. The highest BCUT2D eigenvalue weighted by Gasteiger charge is 2.14. The van der Waals surface area contributed by atoms with E-state index in [1.807, 2.05) is 12.1 Å². The first-order chi connectivity index (χ1) is 8.74. The van der Waals surface area contributed by atoms with Crippen molar-refractivity contribution in [2.75, 3.05) is 4.72 Å². The minimum absolute atomic E-state index is 0.217. The summed E-state index contributed by atoms with van der Waals surface area (Å²) < 4.78 is 28.9. The van der Waals surface area contributed by atoms with Crippen molar-refractivity contribution in [1.29, 1.82) is 0 Å². The Balaban J connectivity index is 2.08. The molecule has 1 atom stereocenters. The minimum atomic E-state index is -2.44. The SMILES string of the molecule is O=S([O-])Nc1[nH]ncc1-c1nc2ccccc2o1. The lowest BCUT2D eigenvalue weighted by Crippen LogP contribution is -2.03. The van der Waals surface area contributed by atoms with Gasteiger partial charge in [-0.3, -0.25) is 9.31 Å². The fourth-order valence-corrected chi connectivity index (χ4v) is 1.92. The molecule has 0 radical (unpaired) electrons. The molecule has 0 saturated heterocycles. The Bertz CT molecular complexity index is 688. The zero-order chi connectivity index (χ0) is 12.5. The standard InChI is InChI=1S/C10H8N4O3S/c15-18(16)14-9-6(5-11-13-9)10-12-7-3-1-2-4-8(7)17-10/h1-5H,(H,15,16)(H2,11,13,14)/p-1. The number of fused-ring (bicyclic) bond motifs is 1. The van der Waals surface area contributed by atoms with Crippen molar-refractivity contribution in [2.24, 2.45) is 0 Å². The summed E-state index contributed by atoms with van der Waals surface area (Å²) in [6.45, 7) is 0. The topological polar surface area (TPSA) is 107 Å². The molecule has 2 heterocycles. The van der Waals surface area contributed by atoms with E-state index in [1.54, 1.807) is 12.1 Å². The normalized spacial score (nSPS) is 12.7. The summed E-state index contributed by atoms with van der Waals surface area (Å²) in [5.74, 6) is 0.521. The van der Waals surface area contributed by atoms with Crippen molar-refractivity contribution < 1.29 is 13.2 Å². The number of benzene rings is 1. The average molecular weight is 263 g/mol. The molecule has 2 N–H and O–H groups in total. The number of rotatable bonds is 3. The van der Waals surface area contributed by atoms with Crippen LogP contribution in [0.5, 0.6) is 0 Å². The maximum atomic E-state index is 10.6. The van der Waals surface area contributed by atoms with Gasteiger partial charge < -0.3 is 13.7 Å². The van der Waals surface area contributed by atoms with Crippen molar-refractivity contribution in [2.45, 2.75) is 0 Å². The molecule has 3 aromatic rings. The van der Waals surface area contributed by atoms with Crippen LogP contribution in [0.15, 0.2) is 34.9 Å². The van der Waals surface area contributed by atoms with Gasteiger partial charge in [0.05, 0.1) is 11.8 Å². The summed E-state index contributed by atoms with van der Waals surface area (Å²) in [5.41, 5.74) is 1.78. The van der Waals surface area contributed by atoms with Crippen molar-refractivity contribution >= 4 is 28.2 Å². The van der Waals surface area contributed by atoms with E-state index in [0.29, 0.717) is 22.6 Å². The van der Waals surface area contributed by atoms with E-state index in [0.717, 1.165) is 0 Å². The lowest BCUT2D eigenvalue weighted by atomic mass is 10.3. The van der Waals surface area contributed by atoms with Crippen molar-refractivity contribution in [3.63, 3.8) is 0 Å². The number of anilines is 1. The van der Waals surface area contributed by atoms with Gasteiger partial charge in [0, 0.05) is 11.3 Å². The van der Waals surface area contributed by atoms with Crippen LogP contribution in [0.25, 0.3) is 22.6 Å². The highest BCUT2D eigenvalue weighted by Crippen LogP contribution is 2.28. The number of nitrogens with zero attached hydrogens (tertiary/aromatic N) is 2. The zero-order valence-electron chi connectivity index (χ0n) is 8.91. The molecule has 0 bridgehead atoms. The van der Waals surface area contributed by atoms with Gasteiger partial charge in [-0.25, -0.2) is 4.98 Å². The first kappa shape index (κ1) is 10.9. The molecule has 3 rings (SSSR count). The van der Waals surface area contributed by atoms with Crippen LogP contribution in [-0.4, -0.2) is 23.9 Å². The van der Waals surface area contributed by atoms with Gasteiger partial charge in [-0.05, 0) is 12.1 Å². The summed E-state index contributed by atoms with van der Waals surface area (Å²) >= 11 is -2.44. The molecule has 1 aromatic carbocycles. The Hall–Kier alpha value is -2.19. The summed E-state index contributed by atoms with van der Waals surface area (Å²) in [4.78, 5) is 4.26. The van der Waals surface area contributed by atoms with Crippen LogP contribution in [0.4, 0.5) is 5.82 Å². The predicted molar refractivity (Wildman–Crippen MR) is 64.1 cm³/mol. The molecular weight excluding hydrogens is 256 g/mol. The molecule has 0 aliphatic carbocycles. The third kappa shape index (κ3) is 1.87. The maximum absolute atomic E-state index is 10.6. The predicted octanol–water partition coefficient (Wildman–Crippen LogP) is 1.42. The smallest absolute Gasteiger partial charge is 0.232 e. The Kier molecular flexibility index (Phi) is 2.58. The minimum Gasteiger partial charge on any atom is -0.755 e. The largest absolute Gasteiger partial charge is 0.755 e. The van der Waals surface area contributed by atoms with E-state index in [9.17, 15) is 8.76 Å². The van der Waals surface area contributed by atoms with E-state index in [-0.39, 0.29) is 5.82 Å². The van der Waals surface area contributed by atoms with Crippen LogP contribution in [0.3, 0.4) is 0 Å². The maximum Gasteiger partial charge on any atom is 0.232 e. The van der Waals surface area contributed by atoms with Gasteiger partial charge in [0.2, 0.25) is 5.89 Å². The van der Waals surface area contributed by atoms with Crippen LogP contribution in [-0.2, 0) is 11.3 Å². The number of H-pyrrole nitrogens is 1. The van der Waals surface area contributed by atoms with Gasteiger partial charge in [-0.15, -0.1) is 0 Å². The van der Waals surface area contributed by atoms with Crippen molar-refractivity contribution in [3.05, 3.63) is 30.5 Å². The second-order valence-corrected chi connectivity index (χ2v) is 4.16. The number of aromatic nitrogens is 3. The molecule has 8 heteroatoms. The Labute approximate surface area is 104 Å². The van der Waals surface area contributed by atoms with Gasteiger partial charge in [0.1, 0.15) is 11.3 Å². The van der Waals surface area contributed by atoms with Gasteiger partial charge in [-0.2, -0.15) is 5.10 Å². The molecule has 0 amide bonds. The summed E-state index contributed by atoms with van der Waals surface area (Å²) in [5, 5.41) is 6.29. The Morgan fingerprint density at radius 3 is 3.00 bits per heavy atom. The highest BCUT2D eigenvalue weighted by molar-refractivity contribution is 7.80. The van der Waals surface area contributed by atoms with E-state index >= 15 is 0 Å². The quantitative estimate of drug-likeness (QED) is 0.695. The van der Waals surface area contributed by atoms with E-state index in [2.05, 4.69) is 19.9 Å². The number of nitrogens with one attached hydrogen (secondary N) is 2. The van der Waals surface area contributed by atoms with Crippen LogP contribution in [0.2, 0.25) is 0 Å². The van der Waals surface area contributed by atoms with Crippen molar-refractivity contribution in [3.8, 4) is 11.5 Å². The summed E-state index contributed by atoms with van der Waals surface area (Å²) in [7, 11) is 0. The molecule has 0 spiro atoms. The second-order valence-electron chi connectivity index (χ2n) is 3.48. The first-order valence-electron chi connectivity index (χ1n) is 4.99. The Morgan fingerprint density at radius 1 is 1.39 bits per heavy atom. The van der Waals surface area contributed by atoms with E-state index in [1.165, 1.54) is 6.20 Å². The van der Waals surface area contributed by atoms with Gasteiger partial charge in [-0.1, -0.05) is 12.1 Å². The average Bonchev–Trinajstić information content (AvgIpc) is 2.93. The molecular formula is C10H7N4O3S-. The third-order valence-electron chi connectivity index (χ3n) is 2.35.